The quantitative estimate of drug-likeness (QED) is 0.408. The van der Waals surface area contributed by atoms with Crippen LogP contribution in [0, 0.1) is 0 Å². The SMILES string of the molecule is S=C(NN=C(c1ccccc1)c1ccccc1)Nc1ccc2c(c1)OCO2. The number of ether oxygens (including phenoxy) is 2. The van der Waals surface area contributed by atoms with Gasteiger partial charge in [0.1, 0.15) is 0 Å². The molecule has 0 saturated heterocycles. The molecule has 0 aromatic heterocycles. The van der Waals surface area contributed by atoms with E-state index >= 15 is 0 Å². The predicted molar refractivity (Wildman–Crippen MR) is 110 cm³/mol. The van der Waals surface area contributed by atoms with Gasteiger partial charge in [0.05, 0.1) is 5.71 Å². The van der Waals surface area contributed by atoms with Crippen LogP contribution >= 0.6 is 12.2 Å². The lowest BCUT2D eigenvalue weighted by molar-refractivity contribution is 0.174. The minimum absolute atomic E-state index is 0.239. The molecule has 3 aromatic carbocycles. The van der Waals surface area contributed by atoms with Gasteiger partial charge < -0.3 is 14.8 Å². The Balaban J connectivity index is 1.52. The van der Waals surface area contributed by atoms with E-state index in [1.165, 1.54) is 0 Å². The van der Waals surface area contributed by atoms with Crippen LogP contribution in [-0.2, 0) is 0 Å². The fourth-order valence-electron chi connectivity index (χ4n) is 2.73. The lowest BCUT2D eigenvalue weighted by Gasteiger charge is -2.11. The molecule has 6 heteroatoms. The highest BCUT2D eigenvalue weighted by atomic mass is 32.1. The van der Waals surface area contributed by atoms with Crippen LogP contribution in [0.5, 0.6) is 11.5 Å². The third-order valence-corrected chi connectivity index (χ3v) is 4.19. The van der Waals surface area contributed by atoms with Crippen molar-refractivity contribution in [3.05, 3.63) is 90.0 Å². The van der Waals surface area contributed by atoms with E-state index in [0.29, 0.717) is 10.9 Å². The Morgan fingerprint density at radius 3 is 2.11 bits per heavy atom. The van der Waals surface area contributed by atoms with E-state index in [1.807, 2.05) is 78.9 Å². The molecule has 4 rings (SSSR count). The average Bonchev–Trinajstić information content (AvgIpc) is 3.18. The zero-order valence-electron chi connectivity index (χ0n) is 14.4. The van der Waals surface area contributed by atoms with E-state index in [4.69, 9.17) is 21.7 Å². The van der Waals surface area contributed by atoms with Crippen molar-refractivity contribution in [1.29, 1.82) is 0 Å². The molecular weight excluding hydrogens is 358 g/mol. The van der Waals surface area contributed by atoms with Crippen molar-refractivity contribution >= 4 is 28.7 Å². The first kappa shape index (κ1) is 17.1. The molecule has 0 aliphatic carbocycles. The molecule has 0 saturated carbocycles. The number of fused-ring (bicyclic) bond motifs is 1. The van der Waals surface area contributed by atoms with Gasteiger partial charge in [0.15, 0.2) is 16.6 Å². The van der Waals surface area contributed by atoms with Crippen molar-refractivity contribution < 1.29 is 9.47 Å². The topological polar surface area (TPSA) is 54.9 Å². The Morgan fingerprint density at radius 1 is 0.815 bits per heavy atom. The van der Waals surface area contributed by atoms with Crippen molar-refractivity contribution in [2.45, 2.75) is 0 Å². The number of thiocarbonyl (C=S) groups is 1. The summed E-state index contributed by atoms with van der Waals surface area (Å²) in [5.41, 5.74) is 6.55. The van der Waals surface area contributed by atoms with E-state index in [2.05, 4.69) is 15.8 Å². The maximum Gasteiger partial charge on any atom is 0.231 e. The third-order valence-electron chi connectivity index (χ3n) is 3.99. The summed E-state index contributed by atoms with van der Waals surface area (Å²) in [4.78, 5) is 0. The molecule has 0 bridgehead atoms. The molecular formula is C21H17N3O2S. The van der Waals surface area contributed by atoms with Crippen LogP contribution in [0.4, 0.5) is 5.69 Å². The van der Waals surface area contributed by atoms with Gasteiger partial charge in [-0.25, -0.2) is 0 Å². The summed E-state index contributed by atoms with van der Waals surface area (Å²) < 4.78 is 10.7. The van der Waals surface area contributed by atoms with Crippen molar-refractivity contribution in [3.8, 4) is 11.5 Å². The van der Waals surface area contributed by atoms with E-state index < -0.39 is 0 Å². The molecule has 134 valence electrons. The molecule has 27 heavy (non-hydrogen) atoms. The Morgan fingerprint density at radius 2 is 1.44 bits per heavy atom. The molecule has 0 fully saturated rings. The first-order valence-corrected chi connectivity index (χ1v) is 8.85. The van der Waals surface area contributed by atoms with Crippen LogP contribution < -0.4 is 20.2 Å². The predicted octanol–water partition coefficient (Wildman–Crippen LogP) is 4.15. The number of rotatable bonds is 4. The van der Waals surface area contributed by atoms with Gasteiger partial charge in [0.25, 0.3) is 0 Å². The molecule has 0 atom stereocenters. The highest BCUT2D eigenvalue weighted by Crippen LogP contribution is 2.34. The maximum absolute atomic E-state index is 5.38. The molecule has 0 radical (unpaired) electrons. The second kappa shape index (κ2) is 7.88. The van der Waals surface area contributed by atoms with Gasteiger partial charge in [-0.3, -0.25) is 5.43 Å². The van der Waals surface area contributed by atoms with Crippen molar-refractivity contribution in [2.24, 2.45) is 5.10 Å². The molecule has 0 spiro atoms. The molecule has 1 aliphatic rings. The maximum atomic E-state index is 5.38. The number of hydrazone groups is 1. The van der Waals surface area contributed by atoms with Gasteiger partial charge in [-0.15, -0.1) is 0 Å². The largest absolute Gasteiger partial charge is 0.454 e. The Bertz CT molecular complexity index is 934. The van der Waals surface area contributed by atoms with E-state index in [9.17, 15) is 0 Å². The van der Waals surface area contributed by atoms with Crippen LogP contribution in [0.15, 0.2) is 84.0 Å². The fourth-order valence-corrected chi connectivity index (χ4v) is 2.89. The molecule has 1 heterocycles. The minimum Gasteiger partial charge on any atom is -0.454 e. The summed E-state index contributed by atoms with van der Waals surface area (Å²) in [6, 6.07) is 25.5. The van der Waals surface area contributed by atoms with Crippen LogP contribution in [0.3, 0.4) is 0 Å². The lowest BCUT2D eigenvalue weighted by atomic mass is 10.0. The van der Waals surface area contributed by atoms with Crippen LogP contribution in [-0.4, -0.2) is 17.6 Å². The monoisotopic (exact) mass is 375 g/mol. The number of nitrogens with zero attached hydrogens (tertiary/aromatic N) is 1. The zero-order chi connectivity index (χ0) is 18.5. The summed E-state index contributed by atoms with van der Waals surface area (Å²) in [6.45, 7) is 0.239. The van der Waals surface area contributed by atoms with Crippen molar-refractivity contribution in [3.63, 3.8) is 0 Å². The first-order chi connectivity index (χ1) is 13.3. The first-order valence-electron chi connectivity index (χ1n) is 8.45. The van der Waals surface area contributed by atoms with Gasteiger partial charge in [0, 0.05) is 22.9 Å². The number of hydrogen-bond acceptors (Lipinski definition) is 4. The summed E-state index contributed by atoms with van der Waals surface area (Å²) >= 11 is 5.38. The molecule has 0 unspecified atom stereocenters. The molecule has 2 N–H and O–H groups in total. The number of nitrogens with one attached hydrogen (secondary N) is 2. The smallest absolute Gasteiger partial charge is 0.231 e. The van der Waals surface area contributed by atoms with Gasteiger partial charge in [-0.2, -0.15) is 5.10 Å². The molecule has 0 amide bonds. The Kier molecular flexibility index (Phi) is 4.98. The van der Waals surface area contributed by atoms with Gasteiger partial charge in [0.2, 0.25) is 6.79 Å². The van der Waals surface area contributed by atoms with Crippen LogP contribution in [0.1, 0.15) is 11.1 Å². The Labute approximate surface area is 162 Å². The summed E-state index contributed by atoms with van der Waals surface area (Å²) in [5.74, 6) is 1.42. The van der Waals surface area contributed by atoms with Crippen molar-refractivity contribution in [1.82, 2.24) is 5.43 Å². The minimum atomic E-state index is 0.239. The van der Waals surface area contributed by atoms with Gasteiger partial charge >= 0.3 is 0 Å². The fraction of sp³-hybridized carbons (Fsp3) is 0.0476. The van der Waals surface area contributed by atoms with E-state index in [1.54, 1.807) is 0 Å². The zero-order valence-corrected chi connectivity index (χ0v) is 15.2. The van der Waals surface area contributed by atoms with Crippen molar-refractivity contribution in [2.75, 3.05) is 12.1 Å². The lowest BCUT2D eigenvalue weighted by Crippen LogP contribution is -2.25. The highest BCUT2D eigenvalue weighted by molar-refractivity contribution is 7.80. The van der Waals surface area contributed by atoms with Crippen LogP contribution in [0.25, 0.3) is 0 Å². The third kappa shape index (κ3) is 4.07. The molecule has 1 aliphatic heterocycles. The standard InChI is InChI=1S/C21H17N3O2S/c27-21(22-17-11-12-18-19(13-17)26-14-25-18)24-23-20(15-7-3-1-4-8-15)16-9-5-2-6-10-16/h1-13H,14H2,(H2,22,24,27). The number of benzene rings is 3. The second-order valence-electron chi connectivity index (χ2n) is 5.83. The highest BCUT2D eigenvalue weighted by Gasteiger charge is 2.13. The molecule has 5 nitrogen and oxygen atoms in total. The van der Waals surface area contributed by atoms with Gasteiger partial charge in [-0.1, -0.05) is 60.7 Å². The normalized spacial score (nSPS) is 11.6. The number of anilines is 1. The van der Waals surface area contributed by atoms with E-state index in [-0.39, 0.29) is 6.79 Å². The summed E-state index contributed by atoms with van der Waals surface area (Å²) in [6.07, 6.45) is 0. The summed E-state index contributed by atoms with van der Waals surface area (Å²) in [7, 11) is 0. The second-order valence-corrected chi connectivity index (χ2v) is 6.23. The van der Waals surface area contributed by atoms with E-state index in [0.717, 1.165) is 28.3 Å². The number of hydrogen-bond donors (Lipinski definition) is 2. The molecule has 3 aromatic rings. The summed E-state index contributed by atoms with van der Waals surface area (Å²) in [5, 5.41) is 8.03. The van der Waals surface area contributed by atoms with Crippen LogP contribution in [0.2, 0.25) is 0 Å². The van der Waals surface area contributed by atoms with Gasteiger partial charge in [-0.05, 0) is 24.4 Å². The Hall–Kier alpha value is -3.38. The average molecular weight is 375 g/mol.